The first kappa shape index (κ1) is 51.8. The number of esters is 1. The number of ether oxygens (including phenoxy) is 4. The highest BCUT2D eigenvalue weighted by Crippen LogP contribution is 2.51. The highest BCUT2D eigenvalue weighted by molar-refractivity contribution is 6.22. The molecule has 1 amide bonds. The molecule has 5 N–H and O–H groups in total. The maximum absolute atomic E-state index is 15.0. The van der Waals surface area contributed by atoms with Gasteiger partial charge in [0.05, 0.1) is 23.3 Å². The van der Waals surface area contributed by atoms with Gasteiger partial charge in [-0.05, 0) is 82.9 Å². The normalized spacial score (nSPS) is 29.0. The summed E-state index contributed by atoms with van der Waals surface area (Å²) < 4.78 is 31.0. The van der Waals surface area contributed by atoms with Gasteiger partial charge in [0.1, 0.15) is 40.3 Å². The lowest BCUT2D eigenvalue weighted by Gasteiger charge is -2.41. The fourth-order valence-electron chi connectivity index (χ4n) is 10.8. The number of rotatable bonds is 7. The fraction of sp³-hybridized carbons (Fsp3) is 0.528. The van der Waals surface area contributed by atoms with Crippen LogP contribution in [0.1, 0.15) is 83.7 Å². The zero-order valence-corrected chi connectivity index (χ0v) is 42.0. The summed E-state index contributed by atoms with van der Waals surface area (Å²) in [6.45, 7) is 14.3. The van der Waals surface area contributed by atoms with Gasteiger partial charge in [0.15, 0.2) is 11.3 Å². The van der Waals surface area contributed by atoms with Crippen LogP contribution in [0.4, 0.5) is 11.4 Å². The Morgan fingerprint density at radius 1 is 0.986 bits per heavy atom. The van der Waals surface area contributed by atoms with Gasteiger partial charge in [-0.15, -0.1) is 0 Å². The van der Waals surface area contributed by atoms with Gasteiger partial charge in [-0.25, -0.2) is 4.98 Å². The molecule has 1 aliphatic carbocycles. The van der Waals surface area contributed by atoms with E-state index in [4.69, 9.17) is 28.3 Å². The molecule has 17 nitrogen and oxygen atoms in total. The molecule has 17 heteroatoms. The van der Waals surface area contributed by atoms with E-state index in [2.05, 4.69) is 15.1 Å². The number of phenolic OH excluding ortho intramolecular Hbond substituents is 2. The Morgan fingerprint density at radius 3 is 2.29 bits per heavy atom. The molecule has 4 aliphatic heterocycles. The molecule has 2 aromatic carbocycles. The van der Waals surface area contributed by atoms with Crippen molar-refractivity contribution in [3.05, 3.63) is 69.6 Å². The summed E-state index contributed by atoms with van der Waals surface area (Å²) in [7, 11) is 5.59. The van der Waals surface area contributed by atoms with Crippen molar-refractivity contribution in [1.29, 1.82) is 0 Å². The van der Waals surface area contributed by atoms with E-state index >= 15 is 0 Å². The van der Waals surface area contributed by atoms with Crippen molar-refractivity contribution in [3.8, 4) is 28.7 Å². The third-order valence-electron chi connectivity index (χ3n) is 15.2. The number of amides is 1. The van der Waals surface area contributed by atoms with Crippen LogP contribution in [0.2, 0.25) is 0 Å². The van der Waals surface area contributed by atoms with Gasteiger partial charge in [0.2, 0.25) is 5.43 Å². The molecule has 0 saturated carbocycles. The van der Waals surface area contributed by atoms with E-state index in [1.54, 1.807) is 37.3 Å². The maximum atomic E-state index is 15.0. The van der Waals surface area contributed by atoms with Crippen LogP contribution in [-0.2, 0) is 23.8 Å². The van der Waals surface area contributed by atoms with Crippen molar-refractivity contribution in [3.63, 3.8) is 0 Å². The lowest BCUT2D eigenvalue weighted by Crippen LogP contribution is -2.45. The number of fused-ring (bicyclic) bond motifs is 2. The number of benzene rings is 3. The van der Waals surface area contributed by atoms with E-state index in [0.717, 1.165) is 12.8 Å². The first-order chi connectivity index (χ1) is 33.2. The monoisotopic (exact) mass is 968 g/mol. The van der Waals surface area contributed by atoms with Gasteiger partial charge < -0.3 is 58.9 Å². The third kappa shape index (κ3) is 9.48. The molecule has 0 spiro atoms. The number of anilines is 2. The van der Waals surface area contributed by atoms with E-state index in [9.17, 15) is 39.6 Å². The Kier molecular flexibility index (Phi) is 15.4. The van der Waals surface area contributed by atoms with Gasteiger partial charge in [-0.3, -0.25) is 19.2 Å². The van der Waals surface area contributed by atoms with Crippen LogP contribution in [0.25, 0.3) is 33.3 Å². The van der Waals surface area contributed by atoms with Crippen LogP contribution in [0.5, 0.6) is 17.2 Å². The van der Waals surface area contributed by atoms with Gasteiger partial charge in [-0.1, -0.05) is 45.9 Å². The summed E-state index contributed by atoms with van der Waals surface area (Å²) in [5.74, 6) is -7.43. The SMILES string of the molecule is CC[C@H]1[C@@H](OC(C)=O)[C@H](C)[C@H](CO)[C@H](C)[C@@H](CO)[C@@H](C)/C=C/C=C(/C)C(=O)Nc2c3oc4cc(N5CCC(N(C)C)CC5)cc(O)c4nc-3c3c4c(c(C)c(O)c3c2=O)O[C@](C)(O/C=C/[C@@H]1OC)C4=O. The maximum Gasteiger partial charge on any atom is 0.312 e. The van der Waals surface area contributed by atoms with E-state index in [1.807, 2.05) is 47.9 Å². The number of ketones is 1. The fourth-order valence-corrected chi connectivity index (χ4v) is 10.8. The average molecular weight is 969 g/mol. The third-order valence-corrected chi connectivity index (χ3v) is 15.2. The summed E-state index contributed by atoms with van der Waals surface area (Å²) in [6, 6.07) is 3.69. The molecule has 1 saturated heterocycles. The second-order valence-corrected chi connectivity index (χ2v) is 19.6. The number of aliphatic hydroxyl groups is 2. The number of piperidine rings is 1. The molecule has 5 aliphatic rings. The molecule has 0 unspecified atom stereocenters. The van der Waals surface area contributed by atoms with E-state index in [1.165, 1.54) is 34.1 Å². The molecule has 378 valence electrons. The number of aromatic hydroxyl groups is 2. The Bertz CT molecular complexity index is 2770. The molecular weight excluding hydrogens is 901 g/mol. The first-order valence-corrected chi connectivity index (χ1v) is 24.1. The number of carbonyl (C=O) groups excluding carboxylic acids is 3. The minimum atomic E-state index is -2.07. The molecule has 4 heterocycles. The summed E-state index contributed by atoms with van der Waals surface area (Å²) in [5, 5.41) is 47.5. The number of carbonyl (C=O) groups is 3. The topological polar surface area (TPSA) is 231 Å². The number of phenols is 2. The number of hydrogen-bond acceptors (Lipinski definition) is 16. The lowest BCUT2D eigenvalue weighted by molar-refractivity contribution is -0.159. The van der Waals surface area contributed by atoms with Crippen LogP contribution in [0.15, 0.2) is 57.5 Å². The van der Waals surface area contributed by atoms with E-state index in [0.29, 0.717) is 31.2 Å². The van der Waals surface area contributed by atoms with Crippen molar-refractivity contribution < 1.29 is 58.2 Å². The second-order valence-electron chi connectivity index (χ2n) is 19.6. The van der Waals surface area contributed by atoms with Crippen molar-refractivity contribution in [2.24, 2.45) is 35.5 Å². The predicted octanol–water partition coefficient (Wildman–Crippen LogP) is 7.07. The number of aliphatic hydroxyl groups excluding tert-OH is 2. The van der Waals surface area contributed by atoms with Crippen molar-refractivity contribution in [1.82, 2.24) is 9.88 Å². The second kappa shape index (κ2) is 20.8. The number of aromatic nitrogens is 1. The van der Waals surface area contributed by atoms with E-state index in [-0.39, 0.29) is 98.2 Å². The van der Waals surface area contributed by atoms with Crippen molar-refractivity contribution in [2.75, 3.05) is 57.7 Å². The van der Waals surface area contributed by atoms with Gasteiger partial charge >= 0.3 is 11.8 Å². The summed E-state index contributed by atoms with van der Waals surface area (Å²) in [4.78, 5) is 65.9. The summed E-state index contributed by atoms with van der Waals surface area (Å²) in [5.41, 5.74) is -0.520. The van der Waals surface area contributed by atoms with E-state index < -0.39 is 64.6 Å². The smallest absolute Gasteiger partial charge is 0.312 e. The predicted molar refractivity (Wildman–Crippen MR) is 265 cm³/mol. The summed E-state index contributed by atoms with van der Waals surface area (Å²) in [6.07, 6.45) is 8.61. The van der Waals surface area contributed by atoms with Crippen molar-refractivity contribution in [2.45, 2.75) is 98.7 Å². The number of allylic oxidation sites excluding steroid dienone is 3. The quantitative estimate of drug-likeness (QED) is 0.0708. The minimum Gasteiger partial charge on any atom is -0.507 e. The zero-order chi connectivity index (χ0) is 51.1. The molecule has 0 aromatic heterocycles. The molecule has 0 radical (unpaired) electrons. The van der Waals surface area contributed by atoms with Crippen LogP contribution in [0, 0.1) is 42.4 Å². The largest absolute Gasteiger partial charge is 0.507 e. The molecule has 9 atom stereocenters. The highest BCUT2D eigenvalue weighted by atomic mass is 16.7. The van der Waals surface area contributed by atoms with Crippen LogP contribution >= 0.6 is 0 Å². The Morgan fingerprint density at radius 2 is 1.67 bits per heavy atom. The number of nitrogens with one attached hydrogen (secondary N) is 1. The molecule has 2 aromatic rings. The number of methoxy groups -OCH3 is 1. The van der Waals surface area contributed by atoms with Gasteiger partial charge in [0.25, 0.3) is 11.7 Å². The highest BCUT2D eigenvalue weighted by Gasteiger charge is 2.50. The molecule has 70 heavy (non-hydrogen) atoms. The number of nitrogens with zero attached hydrogens (tertiary/aromatic N) is 3. The molecule has 4 bridgehead atoms. The van der Waals surface area contributed by atoms with Crippen molar-refractivity contribution >= 4 is 50.9 Å². The summed E-state index contributed by atoms with van der Waals surface area (Å²) >= 11 is 0. The molecule has 7 rings (SSSR count). The Labute approximate surface area is 408 Å². The first-order valence-electron chi connectivity index (χ1n) is 24.1. The number of Topliss-reactive ketones (excluding diaryl/α,β-unsaturated/α-hetero) is 1. The standard InChI is InChI=1S/C53H68N4O13/c1-12-34-38(66-11)18-21-67-53(8)51(64)42-40-41(46(62)30(6)49(42)70-53)47(63)45(50-44(40)54-43-37(61)22-33(23-39(43)69-50)57-19-16-32(17-20-57)56(9)10)55-52(65)27(3)15-13-14-26(2)35(24-58)28(4)36(25-59)29(5)48(34)68-31(7)60/h13-15,18,21-23,26,28-29,32,34-36,38,48,58-59,61-62H,12,16-17,19-20,24-25H2,1-11H3,(H,55,65)/b14-13+,21-18+,27-15-/t26-,28+,29+,34+,35-,36+,38-,48-,53-/m0/s1. The Hall–Kier alpha value is -6.01. The Balaban J connectivity index is 1.45. The van der Waals surface area contributed by atoms with Crippen LogP contribution in [0.3, 0.4) is 0 Å². The van der Waals surface area contributed by atoms with Gasteiger partial charge in [0, 0.05) is 93.6 Å². The zero-order valence-electron chi connectivity index (χ0n) is 42.0. The molecule has 1 fully saturated rings. The van der Waals surface area contributed by atoms with Gasteiger partial charge in [-0.2, -0.15) is 0 Å². The lowest BCUT2D eigenvalue weighted by atomic mass is 9.69. The van der Waals surface area contributed by atoms with Crippen LogP contribution < -0.4 is 20.4 Å². The molecular formula is C53H68N4O13. The average Bonchev–Trinajstić information content (AvgIpc) is 3.59. The minimum absolute atomic E-state index is 0.000501. The van der Waals surface area contributed by atoms with Crippen LogP contribution in [-0.4, -0.2) is 120 Å². The number of hydrogen-bond donors (Lipinski definition) is 5.